The van der Waals surface area contributed by atoms with Crippen molar-refractivity contribution >= 4 is 28.8 Å². The highest BCUT2D eigenvalue weighted by Crippen LogP contribution is 2.31. The van der Waals surface area contributed by atoms with Gasteiger partial charge >= 0.3 is 0 Å². The number of rotatable bonds is 5. The van der Waals surface area contributed by atoms with Crippen molar-refractivity contribution in [1.29, 1.82) is 0 Å². The molecule has 0 spiro atoms. The van der Waals surface area contributed by atoms with Gasteiger partial charge in [-0.05, 0) is 43.7 Å². The third-order valence-corrected chi connectivity index (χ3v) is 5.16. The standard InChI is InChI=1S/C22H20ClN5O3/c1-12-19(14-6-5-7-15(23)10-14)21-26-25-20(13(2)28(21)27-12)22(29)24-17-11-16(30-3)8-9-18(17)31-4/h5-11H,1-4H3,(H,24,29). The number of aryl methyl sites for hydroxylation is 2. The molecule has 0 fully saturated rings. The number of hydrogen-bond acceptors (Lipinski definition) is 6. The minimum absolute atomic E-state index is 0.150. The van der Waals surface area contributed by atoms with E-state index in [9.17, 15) is 4.79 Å². The molecular formula is C22H20ClN5O3. The van der Waals surface area contributed by atoms with E-state index in [1.807, 2.05) is 25.1 Å². The maximum atomic E-state index is 13.0. The minimum Gasteiger partial charge on any atom is -0.497 e. The molecule has 2 heterocycles. The fraction of sp³-hybridized carbons (Fsp3) is 0.182. The van der Waals surface area contributed by atoms with Gasteiger partial charge < -0.3 is 14.8 Å². The Morgan fingerprint density at radius 1 is 1.06 bits per heavy atom. The highest BCUT2D eigenvalue weighted by Gasteiger charge is 2.21. The van der Waals surface area contributed by atoms with Crippen molar-refractivity contribution in [3.8, 4) is 22.6 Å². The summed E-state index contributed by atoms with van der Waals surface area (Å²) in [4.78, 5) is 13.0. The van der Waals surface area contributed by atoms with E-state index in [2.05, 4.69) is 20.6 Å². The van der Waals surface area contributed by atoms with Gasteiger partial charge in [0.05, 0.1) is 36.9 Å². The summed E-state index contributed by atoms with van der Waals surface area (Å²) in [5.74, 6) is 0.651. The van der Waals surface area contributed by atoms with Crippen LogP contribution in [0.15, 0.2) is 42.5 Å². The number of anilines is 1. The van der Waals surface area contributed by atoms with E-state index in [-0.39, 0.29) is 5.69 Å². The summed E-state index contributed by atoms with van der Waals surface area (Å²) in [6.07, 6.45) is 0. The molecule has 2 aromatic heterocycles. The van der Waals surface area contributed by atoms with Crippen molar-refractivity contribution in [3.05, 3.63) is 64.6 Å². The predicted octanol–water partition coefficient (Wildman–Crippen LogP) is 4.33. The molecule has 31 heavy (non-hydrogen) atoms. The van der Waals surface area contributed by atoms with Crippen LogP contribution >= 0.6 is 11.6 Å². The Balaban J connectivity index is 1.75. The number of nitrogens with one attached hydrogen (secondary N) is 1. The Morgan fingerprint density at radius 3 is 2.58 bits per heavy atom. The van der Waals surface area contributed by atoms with E-state index in [4.69, 9.17) is 21.1 Å². The number of aromatic nitrogens is 4. The summed E-state index contributed by atoms with van der Waals surface area (Å²) in [7, 11) is 3.08. The molecule has 0 aliphatic carbocycles. The van der Waals surface area contributed by atoms with Crippen molar-refractivity contribution < 1.29 is 14.3 Å². The first-order chi connectivity index (χ1) is 14.9. The molecule has 0 bridgehead atoms. The lowest BCUT2D eigenvalue weighted by Gasteiger charge is -2.12. The lowest BCUT2D eigenvalue weighted by atomic mass is 10.1. The van der Waals surface area contributed by atoms with Crippen LogP contribution in [0.5, 0.6) is 11.5 Å². The van der Waals surface area contributed by atoms with Gasteiger partial charge in [-0.15, -0.1) is 10.2 Å². The summed E-state index contributed by atoms with van der Waals surface area (Å²) in [5.41, 5.74) is 4.17. The zero-order chi connectivity index (χ0) is 22.1. The summed E-state index contributed by atoms with van der Waals surface area (Å²) in [6.45, 7) is 3.65. The Kier molecular flexibility index (Phi) is 5.48. The fourth-order valence-corrected chi connectivity index (χ4v) is 3.59. The molecule has 4 aromatic rings. The average Bonchev–Trinajstić information content (AvgIpc) is 3.10. The van der Waals surface area contributed by atoms with Crippen LogP contribution in [0.4, 0.5) is 5.69 Å². The molecule has 1 N–H and O–H groups in total. The molecule has 9 heteroatoms. The van der Waals surface area contributed by atoms with Crippen LogP contribution in [0, 0.1) is 13.8 Å². The van der Waals surface area contributed by atoms with Crippen LogP contribution in [0.2, 0.25) is 5.02 Å². The van der Waals surface area contributed by atoms with Gasteiger partial charge in [-0.1, -0.05) is 23.7 Å². The summed E-state index contributed by atoms with van der Waals surface area (Å²) in [6, 6.07) is 12.6. The van der Waals surface area contributed by atoms with Crippen molar-refractivity contribution in [2.24, 2.45) is 0 Å². The Hall–Kier alpha value is -3.65. The number of ether oxygens (including phenoxy) is 2. The molecule has 2 aromatic carbocycles. The molecule has 0 unspecified atom stereocenters. The SMILES string of the molecule is COc1ccc(OC)c(NC(=O)c2nnc3c(-c4cccc(Cl)c4)c(C)nn3c2C)c1. The van der Waals surface area contributed by atoms with Crippen molar-refractivity contribution in [2.45, 2.75) is 13.8 Å². The number of carbonyl (C=O) groups excluding carboxylic acids is 1. The largest absolute Gasteiger partial charge is 0.497 e. The molecule has 0 saturated heterocycles. The van der Waals surface area contributed by atoms with E-state index < -0.39 is 5.91 Å². The molecule has 0 aliphatic heterocycles. The fourth-order valence-electron chi connectivity index (χ4n) is 3.40. The molecule has 158 valence electrons. The van der Waals surface area contributed by atoms with E-state index in [0.29, 0.717) is 33.6 Å². The van der Waals surface area contributed by atoms with Gasteiger partial charge in [0.2, 0.25) is 0 Å². The molecular weight excluding hydrogens is 418 g/mol. The van der Waals surface area contributed by atoms with Gasteiger partial charge in [0.15, 0.2) is 11.3 Å². The lowest BCUT2D eigenvalue weighted by molar-refractivity contribution is 0.101. The maximum absolute atomic E-state index is 13.0. The third kappa shape index (κ3) is 3.77. The number of halogens is 1. The van der Waals surface area contributed by atoms with Crippen LogP contribution in [-0.4, -0.2) is 39.9 Å². The zero-order valence-corrected chi connectivity index (χ0v) is 18.2. The van der Waals surface area contributed by atoms with Crippen molar-refractivity contribution in [2.75, 3.05) is 19.5 Å². The van der Waals surface area contributed by atoms with Crippen molar-refractivity contribution in [3.63, 3.8) is 0 Å². The molecule has 4 rings (SSSR count). The van der Waals surface area contributed by atoms with Gasteiger partial charge in [-0.2, -0.15) is 5.10 Å². The molecule has 8 nitrogen and oxygen atoms in total. The lowest BCUT2D eigenvalue weighted by Crippen LogP contribution is -2.19. The highest BCUT2D eigenvalue weighted by atomic mass is 35.5. The number of amides is 1. The third-order valence-electron chi connectivity index (χ3n) is 4.92. The normalized spacial score (nSPS) is 10.9. The topological polar surface area (TPSA) is 90.6 Å². The first-order valence-corrected chi connectivity index (χ1v) is 9.82. The maximum Gasteiger partial charge on any atom is 0.278 e. The van der Waals surface area contributed by atoms with E-state index >= 15 is 0 Å². The molecule has 0 atom stereocenters. The van der Waals surface area contributed by atoms with Gasteiger partial charge in [-0.3, -0.25) is 4.79 Å². The van der Waals surface area contributed by atoms with E-state index in [1.165, 1.54) is 7.11 Å². The van der Waals surface area contributed by atoms with Crippen molar-refractivity contribution in [1.82, 2.24) is 19.8 Å². The first kappa shape index (κ1) is 20.6. The number of nitrogens with zero attached hydrogens (tertiary/aromatic N) is 4. The second kappa shape index (κ2) is 8.23. The molecule has 1 amide bonds. The first-order valence-electron chi connectivity index (χ1n) is 9.45. The Bertz CT molecular complexity index is 1300. The predicted molar refractivity (Wildman–Crippen MR) is 118 cm³/mol. The monoisotopic (exact) mass is 437 g/mol. The van der Waals surface area contributed by atoms with E-state index in [0.717, 1.165) is 16.8 Å². The van der Waals surface area contributed by atoms with Gasteiger partial charge in [0, 0.05) is 11.1 Å². The number of benzene rings is 2. The van der Waals surface area contributed by atoms with E-state index in [1.54, 1.807) is 42.8 Å². The van der Waals surface area contributed by atoms with Crippen LogP contribution < -0.4 is 14.8 Å². The van der Waals surface area contributed by atoms with Gasteiger partial charge in [0.1, 0.15) is 11.5 Å². The molecule has 0 saturated carbocycles. The smallest absolute Gasteiger partial charge is 0.278 e. The number of carbonyl (C=O) groups is 1. The summed E-state index contributed by atoms with van der Waals surface area (Å²) in [5, 5.41) is 16.5. The highest BCUT2D eigenvalue weighted by molar-refractivity contribution is 6.30. The summed E-state index contributed by atoms with van der Waals surface area (Å²) >= 11 is 6.15. The van der Waals surface area contributed by atoms with Gasteiger partial charge in [-0.25, -0.2) is 4.52 Å². The quantitative estimate of drug-likeness (QED) is 0.499. The zero-order valence-electron chi connectivity index (χ0n) is 17.4. The Labute approximate surface area is 183 Å². The average molecular weight is 438 g/mol. The minimum atomic E-state index is -0.434. The number of hydrogen-bond donors (Lipinski definition) is 1. The van der Waals surface area contributed by atoms with Crippen LogP contribution in [0.1, 0.15) is 21.9 Å². The second-order valence-electron chi connectivity index (χ2n) is 6.86. The number of methoxy groups -OCH3 is 2. The Morgan fingerprint density at radius 2 is 1.87 bits per heavy atom. The van der Waals surface area contributed by atoms with Crippen LogP contribution in [0.3, 0.4) is 0 Å². The molecule has 0 radical (unpaired) electrons. The van der Waals surface area contributed by atoms with Gasteiger partial charge in [0.25, 0.3) is 5.91 Å². The van der Waals surface area contributed by atoms with Crippen LogP contribution in [0.25, 0.3) is 16.8 Å². The van der Waals surface area contributed by atoms with Crippen LogP contribution in [-0.2, 0) is 0 Å². The number of fused-ring (bicyclic) bond motifs is 1. The summed E-state index contributed by atoms with van der Waals surface area (Å²) < 4.78 is 12.2. The molecule has 0 aliphatic rings. The second-order valence-corrected chi connectivity index (χ2v) is 7.30.